The van der Waals surface area contributed by atoms with E-state index in [0.29, 0.717) is 15.8 Å². The smallest absolute Gasteiger partial charge is 0.244 e. The minimum atomic E-state index is -0.509. The van der Waals surface area contributed by atoms with Gasteiger partial charge in [0.05, 0.1) is 6.42 Å². The molecular weight excluding hydrogens is 488 g/mol. The first kappa shape index (κ1) is 23.9. The fourth-order valence-electron chi connectivity index (χ4n) is 3.19. The summed E-state index contributed by atoms with van der Waals surface area (Å²) in [6, 6.07) is 24.2. The van der Waals surface area contributed by atoms with Crippen LogP contribution in [0, 0.1) is 6.92 Å². The van der Waals surface area contributed by atoms with Crippen LogP contribution in [-0.2, 0) is 16.0 Å². The Morgan fingerprint density at radius 3 is 2.44 bits per heavy atom. The minimum absolute atomic E-state index is 0.131. The molecule has 0 spiro atoms. The lowest BCUT2D eigenvalue weighted by Gasteiger charge is -2.16. The molecule has 1 atom stereocenters. The largest absolute Gasteiger partial charge is 0.326 e. The number of hydrogen-bond donors (Lipinski definition) is 2. The third-order valence-corrected chi connectivity index (χ3v) is 7.00. The average Bonchev–Trinajstić information content (AvgIpc) is 3.24. The van der Waals surface area contributed by atoms with Crippen molar-refractivity contribution in [3.05, 3.63) is 100 Å². The normalized spacial score (nSPS) is 11.6. The van der Waals surface area contributed by atoms with Crippen LogP contribution in [0.1, 0.15) is 21.4 Å². The number of halogens is 1. The number of aryl methyl sites for hydroxylation is 1. The molecule has 4 aromatic rings. The standard InChI is InChI=1S/C25H21ClN4O2S2/c1-16-29-30-25(33-16)28-24(32)23(18-6-3-2-4-7-18)34-21-9-5-8-20(15-21)27-22(31)14-17-10-12-19(26)13-11-17/h2-13,15,23H,14H2,1H3,(H,27,31)(H,28,30,32). The first-order chi connectivity index (χ1) is 16.5. The van der Waals surface area contributed by atoms with Crippen molar-refractivity contribution in [1.82, 2.24) is 10.2 Å². The zero-order valence-corrected chi connectivity index (χ0v) is 20.6. The maximum absolute atomic E-state index is 13.1. The number of hydrogen-bond acceptors (Lipinski definition) is 6. The molecule has 172 valence electrons. The highest BCUT2D eigenvalue weighted by atomic mass is 35.5. The molecule has 1 heterocycles. The Balaban J connectivity index is 1.48. The molecule has 4 rings (SSSR count). The van der Waals surface area contributed by atoms with Gasteiger partial charge in [-0.3, -0.25) is 14.9 Å². The molecule has 2 N–H and O–H groups in total. The summed E-state index contributed by atoms with van der Waals surface area (Å²) in [5.41, 5.74) is 2.40. The number of amides is 2. The summed E-state index contributed by atoms with van der Waals surface area (Å²) in [4.78, 5) is 26.5. The molecule has 0 aliphatic carbocycles. The molecule has 34 heavy (non-hydrogen) atoms. The van der Waals surface area contributed by atoms with E-state index < -0.39 is 5.25 Å². The molecule has 0 saturated carbocycles. The Morgan fingerprint density at radius 1 is 0.971 bits per heavy atom. The van der Waals surface area contributed by atoms with Gasteiger partial charge < -0.3 is 5.32 Å². The van der Waals surface area contributed by atoms with Gasteiger partial charge in [-0.05, 0) is 48.4 Å². The molecule has 1 aromatic heterocycles. The highest BCUT2D eigenvalue weighted by Crippen LogP contribution is 2.37. The molecule has 2 amide bonds. The van der Waals surface area contributed by atoms with Gasteiger partial charge in [0.15, 0.2) is 0 Å². The molecule has 0 radical (unpaired) electrons. The number of thioether (sulfide) groups is 1. The van der Waals surface area contributed by atoms with E-state index in [1.165, 1.54) is 23.1 Å². The van der Waals surface area contributed by atoms with Gasteiger partial charge in [-0.25, -0.2) is 0 Å². The van der Waals surface area contributed by atoms with Crippen LogP contribution in [0.2, 0.25) is 5.02 Å². The molecule has 9 heteroatoms. The first-order valence-electron chi connectivity index (χ1n) is 10.4. The molecule has 0 aliphatic heterocycles. The summed E-state index contributed by atoms with van der Waals surface area (Å²) >= 11 is 8.64. The zero-order chi connectivity index (χ0) is 23.9. The molecule has 3 aromatic carbocycles. The van der Waals surface area contributed by atoms with Crippen LogP contribution in [0.5, 0.6) is 0 Å². The summed E-state index contributed by atoms with van der Waals surface area (Å²) in [6.45, 7) is 1.84. The van der Waals surface area contributed by atoms with Gasteiger partial charge in [0.1, 0.15) is 10.3 Å². The van der Waals surface area contributed by atoms with E-state index in [4.69, 9.17) is 11.6 Å². The molecule has 1 unspecified atom stereocenters. The number of carbonyl (C=O) groups excluding carboxylic acids is 2. The quantitative estimate of drug-likeness (QED) is 0.279. The minimum Gasteiger partial charge on any atom is -0.326 e. The molecule has 0 bridgehead atoms. The third-order valence-electron chi connectivity index (χ3n) is 4.75. The van der Waals surface area contributed by atoms with Crippen molar-refractivity contribution < 1.29 is 9.59 Å². The van der Waals surface area contributed by atoms with Crippen molar-refractivity contribution in [2.24, 2.45) is 0 Å². The van der Waals surface area contributed by atoms with Crippen molar-refractivity contribution in [1.29, 1.82) is 0 Å². The predicted molar refractivity (Wildman–Crippen MR) is 139 cm³/mol. The maximum Gasteiger partial charge on any atom is 0.244 e. The second-order valence-corrected chi connectivity index (χ2v) is 10.2. The van der Waals surface area contributed by atoms with Crippen LogP contribution in [0.15, 0.2) is 83.8 Å². The number of nitrogens with one attached hydrogen (secondary N) is 2. The van der Waals surface area contributed by atoms with Crippen molar-refractivity contribution in [2.75, 3.05) is 10.6 Å². The van der Waals surface area contributed by atoms with Crippen molar-refractivity contribution in [2.45, 2.75) is 23.5 Å². The Kier molecular flexibility index (Phi) is 7.95. The Hall–Kier alpha value is -3.20. The molecule has 6 nitrogen and oxygen atoms in total. The predicted octanol–water partition coefficient (Wildman–Crippen LogP) is 6.15. The highest BCUT2D eigenvalue weighted by molar-refractivity contribution is 8.00. The maximum atomic E-state index is 13.1. The molecular formula is C25H21ClN4O2S2. The van der Waals surface area contributed by atoms with Gasteiger partial charge in [-0.15, -0.1) is 22.0 Å². The van der Waals surface area contributed by atoms with Crippen LogP contribution in [0.25, 0.3) is 0 Å². The number of nitrogens with zero attached hydrogens (tertiary/aromatic N) is 2. The lowest BCUT2D eigenvalue weighted by molar-refractivity contribution is -0.116. The lowest BCUT2D eigenvalue weighted by Crippen LogP contribution is -2.19. The Morgan fingerprint density at radius 2 is 1.74 bits per heavy atom. The van der Waals surface area contributed by atoms with E-state index >= 15 is 0 Å². The van der Waals surface area contributed by atoms with E-state index in [-0.39, 0.29) is 18.2 Å². The van der Waals surface area contributed by atoms with Crippen LogP contribution in [0.3, 0.4) is 0 Å². The van der Waals surface area contributed by atoms with Gasteiger partial charge in [-0.1, -0.05) is 71.5 Å². The van der Waals surface area contributed by atoms with Crippen molar-refractivity contribution in [3.8, 4) is 0 Å². The lowest BCUT2D eigenvalue weighted by atomic mass is 10.1. The number of benzene rings is 3. The Labute approximate surface area is 210 Å². The van der Waals surface area contributed by atoms with Gasteiger partial charge in [0, 0.05) is 15.6 Å². The first-order valence-corrected chi connectivity index (χ1v) is 12.5. The van der Waals surface area contributed by atoms with E-state index in [0.717, 1.165) is 21.0 Å². The van der Waals surface area contributed by atoms with Gasteiger partial charge in [-0.2, -0.15) is 0 Å². The number of carbonyl (C=O) groups is 2. The van der Waals surface area contributed by atoms with E-state index in [1.807, 2.05) is 73.7 Å². The number of aromatic nitrogens is 2. The highest BCUT2D eigenvalue weighted by Gasteiger charge is 2.23. The Bertz CT molecular complexity index is 1280. The van der Waals surface area contributed by atoms with Crippen LogP contribution in [0.4, 0.5) is 10.8 Å². The van der Waals surface area contributed by atoms with Crippen molar-refractivity contribution >= 4 is 57.3 Å². The molecule has 0 aliphatic rings. The van der Waals surface area contributed by atoms with Gasteiger partial charge in [0.25, 0.3) is 0 Å². The van der Waals surface area contributed by atoms with Crippen molar-refractivity contribution in [3.63, 3.8) is 0 Å². The SMILES string of the molecule is Cc1nnc(NC(=O)C(Sc2cccc(NC(=O)Cc3ccc(Cl)cc3)c2)c2ccccc2)s1. The summed E-state index contributed by atoms with van der Waals surface area (Å²) in [7, 11) is 0. The van der Waals surface area contributed by atoms with E-state index in [9.17, 15) is 9.59 Å². The van der Waals surface area contributed by atoms with Gasteiger partial charge >= 0.3 is 0 Å². The monoisotopic (exact) mass is 508 g/mol. The molecule has 0 saturated heterocycles. The summed E-state index contributed by atoms with van der Waals surface area (Å²) in [6.07, 6.45) is 0.241. The summed E-state index contributed by atoms with van der Waals surface area (Å²) in [5, 5.41) is 15.1. The van der Waals surface area contributed by atoms with Crippen LogP contribution in [-0.4, -0.2) is 22.0 Å². The average molecular weight is 509 g/mol. The van der Waals surface area contributed by atoms with E-state index in [2.05, 4.69) is 20.8 Å². The van der Waals surface area contributed by atoms with Crippen LogP contribution >= 0.6 is 34.7 Å². The fraction of sp³-hybridized carbons (Fsp3) is 0.120. The van der Waals surface area contributed by atoms with E-state index in [1.54, 1.807) is 12.1 Å². The number of rotatable bonds is 8. The zero-order valence-electron chi connectivity index (χ0n) is 18.2. The summed E-state index contributed by atoms with van der Waals surface area (Å²) < 4.78 is 0. The number of anilines is 2. The van der Waals surface area contributed by atoms with Gasteiger partial charge in [0.2, 0.25) is 16.9 Å². The second kappa shape index (κ2) is 11.3. The second-order valence-electron chi connectivity index (χ2n) is 7.40. The third kappa shape index (κ3) is 6.66. The summed E-state index contributed by atoms with van der Waals surface area (Å²) in [5.74, 6) is -0.321. The fourth-order valence-corrected chi connectivity index (χ4v) is 5.00. The van der Waals surface area contributed by atoms with Crippen LogP contribution < -0.4 is 10.6 Å². The molecule has 0 fully saturated rings. The topological polar surface area (TPSA) is 84.0 Å².